The van der Waals surface area contributed by atoms with Crippen molar-refractivity contribution in [3.63, 3.8) is 0 Å². The number of rotatable bonds is 3. The van der Waals surface area contributed by atoms with E-state index in [9.17, 15) is 4.79 Å². The molecule has 0 radical (unpaired) electrons. The highest BCUT2D eigenvalue weighted by atomic mass is 32.1. The second-order valence-corrected chi connectivity index (χ2v) is 4.02. The van der Waals surface area contributed by atoms with Gasteiger partial charge in [-0.15, -0.1) is 11.3 Å². The van der Waals surface area contributed by atoms with Crippen molar-refractivity contribution in [2.75, 3.05) is 6.61 Å². The largest absolute Gasteiger partial charge is 0.500 e. The molecule has 0 saturated heterocycles. The van der Waals surface area contributed by atoms with E-state index in [1.165, 1.54) is 10.8 Å². The van der Waals surface area contributed by atoms with E-state index >= 15 is 0 Å². The van der Waals surface area contributed by atoms with Gasteiger partial charge in [0.25, 0.3) is 5.56 Å². The van der Waals surface area contributed by atoms with Gasteiger partial charge in [-0.1, -0.05) is 0 Å². The Morgan fingerprint density at radius 3 is 2.59 bits per heavy atom. The fourth-order valence-electron chi connectivity index (χ4n) is 1.26. The van der Waals surface area contributed by atoms with E-state index in [1.54, 1.807) is 19.1 Å². The number of nitriles is 2. The second kappa shape index (κ2) is 5.88. The molecule has 0 amide bonds. The quantitative estimate of drug-likeness (QED) is 0.749. The van der Waals surface area contributed by atoms with Gasteiger partial charge in [-0.25, -0.2) is 0 Å². The summed E-state index contributed by atoms with van der Waals surface area (Å²) in [6.45, 7) is 4.48. The van der Waals surface area contributed by atoms with Crippen LogP contribution in [0.5, 0.6) is 0 Å². The van der Waals surface area contributed by atoms with E-state index in [-0.39, 0.29) is 11.1 Å². The lowest BCUT2D eigenvalue weighted by atomic mass is 10.4. The summed E-state index contributed by atoms with van der Waals surface area (Å²) in [4.78, 5) is 11.9. The molecule has 0 saturated carbocycles. The van der Waals surface area contributed by atoms with Crippen LogP contribution in [0.1, 0.15) is 13.8 Å². The third-order valence-corrected chi connectivity index (χ3v) is 3.13. The summed E-state index contributed by atoms with van der Waals surface area (Å²) in [5.41, 5.74) is -0.283. The van der Waals surface area contributed by atoms with E-state index < -0.39 is 0 Å². The zero-order valence-electron chi connectivity index (χ0n) is 9.56. The number of hydrogen-bond acceptors (Lipinski definition) is 5. The highest BCUT2D eigenvalue weighted by Crippen LogP contribution is 1.88. The van der Waals surface area contributed by atoms with Gasteiger partial charge in [-0.2, -0.15) is 10.5 Å². The third-order valence-electron chi connectivity index (χ3n) is 2.02. The van der Waals surface area contributed by atoms with Crippen LogP contribution in [-0.2, 0) is 11.3 Å². The molecule has 17 heavy (non-hydrogen) atoms. The average molecular weight is 249 g/mol. The van der Waals surface area contributed by atoms with Gasteiger partial charge in [0, 0.05) is 6.54 Å². The van der Waals surface area contributed by atoms with Crippen molar-refractivity contribution in [3.8, 4) is 12.1 Å². The van der Waals surface area contributed by atoms with Crippen LogP contribution in [-0.4, -0.2) is 11.2 Å². The molecule has 0 bridgehead atoms. The zero-order valence-corrected chi connectivity index (χ0v) is 10.4. The summed E-state index contributed by atoms with van der Waals surface area (Å²) in [5, 5.41) is 17.6. The van der Waals surface area contributed by atoms with Gasteiger partial charge < -0.3 is 4.74 Å². The Bertz CT molecular complexity index is 639. The van der Waals surface area contributed by atoms with Crippen molar-refractivity contribution in [1.29, 1.82) is 10.5 Å². The molecule has 0 spiro atoms. The first kappa shape index (κ1) is 13.0. The van der Waals surface area contributed by atoms with E-state index in [0.717, 1.165) is 11.3 Å². The Kier molecular flexibility index (Phi) is 4.50. The van der Waals surface area contributed by atoms with Gasteiger partial charge in [0.05, 0.1) is 6.61 Å². The van der Waals surface area contributed by atoms with Gasteiger partial charge in [-0.05, 0) is 13.8 Å². The molecule has 1 heterocycles. The van der Waals surface area contributed by atoms with Crippen LogP contribution in [0.15, 0.2) is 4.79 Å². The van der Waals surface area contributed by atoms with Gasteiger partial charge in [0.15, 0.2) is 5.57 Å². The fourth-order valence-corrected chi connectivity index (χ4v) is 2.29. The van der Waals surface area contributed by atoms with Crippen molar-refractivity contribution in [2.24, 2.45) is 0 Å². The maximum Gasteiger partial charge on any atom is 0.272 e. The van der Waals surface area contributed by atoms with Crippen LogP contribution in [0.2, 0.25) is 0 Å². The van der Waals surface area contributed by atoms with Crippen molar-refractivity contribution in [2.45, 2.75) is 20.4 Å². The minimum Gasteiger partial charge on any atom is -0.500 e. The molecule has 0 atom stereocenters. The number of nitrogens with zero attached hydrogens (tertiary/aromatic N) is 3. The third kappa shape index (κ3) is 2.55. The van der Waals surface area contributed by atoms with Crippen LogP contribution >= 0.6 is 11.3 Å². The second-order valence-electron chi connectivity index (χ2n) is 2.99. The Balaban J connectivity index is 3.69. The van der Waals surface area contributed by atoms with E-state index in [1.807, 2.05) is 6.92 Å². The first-order chi connectivity index (χ1) is 8.19. The lowest BCUT2D eigenvalue weighted by Crippen LogP contribution is -2.31. The van der Waals surface area contributed by atoms with Crippen molar-refractivity contribution in [3.05, 3.63) is 19.5 Å². The first-order valence-electron chi connectivity index (χ1n) is 5.05. The molecule has 0 aliphatic carbocycles. The maximum absolute atomic E-state index is 11.9. The molecule has 1 rings (SSSR count). The molecular formula is C11H11N3O2S. The number of ether oxygens (including phenoxy) is 1. The predicted molar refractivity (Wildman–Crippen MR) is 64.2 cm³/mol. The minimum absolute atomic E-state index is 0.0508. The normalized spacial score (nSPS) is 10.7. The molecule has 0 aromatic carbocycles. The summed E-state index contributed by atoms with van der Waals surface area (Å²) in [6, 6.07) is 3.58. The molecule has 0 unspecified atom stereocenters. The van der Waals surface area contributed by atoms with Crippen LogP contribution in [0.4, 0.5) is 0 Å². The summed E-state index contributed by atoms with van der Waals surface area (Å²) < 4.78 is 7.24. The standard InChI is InChI=1S/C11H11N3O2S/c1-3-14-10(15)9(7-16-4-2)17-11(14)8(5-12)6-13/h7H,3-4H2,1-2H3. The molecule has 88 valence electrons. The SMILES string of the molecule is CCOC=c1sc(=C(C#N)C#N)n(CC)c1=O. The molecule has 0 fully saturated rings. The van der Waals surface area contributed by atoms with Crippen LogP contribution in [0.25, 0.3) is 11.8 Å². The van der Waals surface area contributed by atoms with Gasteiger partial charge in [0.1, 0.15) is 27.6 Å². The fraction of sp³-hybridized carbons (Fsp3) is 0.364. The van der Waals surface area contributed by atoms with Crippen molar-refractivity contribution >= 4 is 23.2 Å². The lowest BCUT2D eigenvalue weighted by molar-refractivity contribution is 0.316. The highest BCUT2D eigenvalue weighted by Gasteiger charge is 2.07. The Labute approximate surface area is 102 Å². The number of hydrogen-bond donors (Lipinski definition) is 0. The van der Waals surface area contributed by atoms with Crippen LogP contribution < -0.4 is 14.8 Å². The Hall–Kier alpha value is -2.05. The van der Waals surface area contributed by atoms with Crippen molar-refractivity contribution in [1.82, 2.24) is 4.57 Å². The molecule has 0 aliphatic rings. The topological polar surface area (TPSA) is 78.8 Å². The molecular weight excluding hydrogens is 238 g/mol. The predicted octanol–water partition coefficient (Wildman–Crippen LogP) is -0.0979. The molecule has 1 aromatic rings. The summed E-state index contributed by atoms with van der Waals surface area (Å²) in [5.74, 6) is 0. The molecule has 6 heteroatoms. The molecule has 0 aliphatic heterocycles. The minimum atomic E-state index is -0.232. The Morgan fingerprint density at radius 1 is 1.47 bits per heavy atom. The number of thiazole rings is 1. The van der Waals surface area contributed by atoms with E-state index in [0.29, 0.717) is 22.3 Å². The monoisotopic (exact) mass is 249 g/mol. The molecule has 1 aromatic heterocycles. The maximum atomic E-state index is 11.9. The summed E-state index contributed by atoms with van der Waals surface area (Å²) in [7, 11) is 0. The smallest absolute Gasteiger partial charge is 0.272 e. The number of aromatic nitrogens is 1. The van der Waals surface area contributed by atoms with Gasteiger partial charge in [-0.3, -0.25) is 9.36 Å². The first-order valence-corrected chi connectivity index (χ1v) is 5.87. The Morgan fingerprint density at radius 2 is 2.12 bits per heavy atom. The van der Waals surface area contributed by atoms with E-state index in [4.69, 9.17) is 15.3 Å². The zero-order chi connectivity index (χ0) is 12.8. The summed E-state index contributed by atoms with van der Waals surface area (Å²) in [6.07, 6.45) is 1.37. The molecule has 5 nitrogen and oxygen atoms in total. The van der Waals surface area contributed by atoms with Crippen molar-refractivity contribution < 1.29 is 4.74 Å². The van der Waals surface area contributed by atoms with Gasteiger partial charge in [0.2, 0.25) is 0 Å². The van der Waals surface area contributed by atoms with Gasteiger partial charge >= 0.3 is 0 Å². The van der Waals surface area contributed by atoms with E-state index in [2.05, 4.69) is 0 Å². The average Bonchev–Trinajstić information content (AvgIpc) is 2.65. The molecule has 0 N–H and O–H groups in total. The summed E-state index contributed by atoms with van der Waals surface area (Å²) >= 11 is 1.10. The lowest BCUT2D eigenvalue weighted by Gasteiger charge is -1.93. The van der Waals surface area contributed by atoms with Crippen LogP contribution in [0, 0.1) is 22.7 Å². The highest BCUT2D eigenvalue weighted by molar-refractivity contribution is 7.07. The van der Waals surface area contributed by atoms with Crippen LogP contribution in [0.3, 0.4) is 0 Å².